The summed E-state index contributed by atoms with van der Waals surface area (Å²) in [5, 5.41) is 5.35. The summed E-state index contributed by atoms with van der Waals surface area (Å²) in [4.78, 5) is 37.6. The number of carbonyl (C=O) groups is 1. The van der Waals surface area contributed by atoms with Gasteiger partial charge in [0.15, 0.2) is 0 Å². The molecule has 0 atom stereocenters. The molecular weight excluding hydrogens is 331 g/mol. The van der Waals surface area contributed by atoms with Crippen LogP contribution in [0.3, 0.4) is 0 Å². The number of nitrogens with one attached hydrogen (secondary N) is 3. The van der Waals surface area contributed by atoms with Crippen LogP contribution in [0.5, 0.6) is 0 Å². The fourth-order valence-corrected chi connectivity index (χ4v) is 2.15. The lowest BCUT2D eigenvalue weighted by Gasteiger charge is -2.13. The second-order valence-electron chi connectivity index (χ2n) is 5.23. The van der Waals surface area contributed by atoms with Gasteiger partial charge in [0.2, 0.25) is 5.91 Å². The number of ether oxygens (including phenoxy) is 1. The molecule has 1 aromatic heterocycles. The molecule has 1 heterocycles. The van der Waals surface area contributed by atoms with E-state index in [1.807, 2.05) is 0 Å². The number of rotatable bonds is 8. The number of hydrogen-bond donors (Lipinski definition) is 3. The van der Waals surface area contributed by atoms with Gasteiger partial charge in [0.05, 0.1) is 6.54 Å². The van der Waals surface area contributed by atoms with Crippen molar-refractivity contribution in [3.63, 3.8) is 0 Å². The molecule has 0 aliphatic rings. The normalized spacial score (nSPS) is 10.5. The minimum Gasteiger partial charge on any atom is -0.385 e. The van der Waals surface area contributed by atoms with Crippen LogP contribution < -0.4 is 21.9 Å². The summed E-state index contributed by atoms with van der Waals surface area (Å²) >= 11 is 0. The number of methoxy groups -OCH3 is 1. The molecule has 0 aliphatic heterocycles. The highest BCUT2D eigenvalue weighted by atomic mass is 19.1. The van der Waals surface area contributed by atoms with Crippen LogP contribution in [-0.4, -0.2) is 35.7 Å². The summed E-state index contributed by atoms with van der Waals surface area (Å²) in [6.07, 6.45) is 0.541. The van der Waals surface area contributed by atoms with Crippen LogP contribution in [0.4, 0.5) is 15.9 Å². The topological polar surface area (TPSA) is 105 Å². The van der Waals surface area contributed by atoms with Gasteiger partial charge in [0, 0.05) is 32.0 Å². The van der Waals surface area contributed by atoms with Crippen LogP contribution >= 0.6 is 0 Å². The third-order valence-electron chi connectivity index (χ3n) is 3.33. The molecule has 1 amide bonds. The Morgan fingerprint density at radius 1 is 1.28 bits per heavy atom. The van der Waals surface area contributed by atoms with Gasteiger partial charge in [-0.25, -0.2) is 9.18 Å². The minimum atomic E-state index is -0.606. The molecule has 0 bridgehead atoms. The van der Waals surface area contributed by atoms with Crippen LogP contribution in [-0.2, 0) is 16.1 Å². The van der Waals surface area contributed by atoms with Gasteiger partial charge in [-0.15, -0.1) is 0 Å². The number of amides is 1. The Bertz CT molecular complexity index is 829. The number of benzene rings is 1. The third-order valence-corrected chi connectivity index (χ3v) is 3.33. The number of aromatic nitrogens is 2. The molecule has 25 heavy (non-hydrogen) atoms. The number of carbonyl (C=O) groups excluding carboxylic acids is 1. The second kappa shape index (κ2) is 8.78. The zero-order chi connectivity index (χ0) is 18.2. The molecule has 2 rings (SSSR count). The van der Waals surface area contributed by atoms with Crippen molar-refractivity contribution in [2.75, 3.05) is 30.9 Å². The van der Waals surface area contributed by atoms with Gasteiger partial charge >= 0.3 is 5.69 Å². The number of anilines is 2. The van der Waals surface area contributed by atoms with Crippen molar-refractivity contribution < 1.29 is 13.9 Å². The molecule has 1 aromatic carbocycles. The van der Waals surface area contributed by atoms with Crippen LogP contribution in [0.1, 0.15) is 6.42 Å². The largest absolute Gasteiger partial charge is 0.385 e. The Hall–Kier alpha value is -2.94. The molecule has 8 nitrogen and oxygen atoms in total. The predicted molar refractivity (Wildman–Crippen MR) is 91.3 cm³/mol. The van der Waals surface area contributed by atoms with Crippen molar-refractivity contribution in [3.05, 3.63) is 57.0 Å². The molecule has 0 radical (unpaired) electrons. The Kier molecular flexibility index (Phi) is 6.47. The lowest BCUT2D eigenvalue weighted by Crippen LogP contribution is -2.34. The maximum Gasteiger partial charge on any atom is 0.329 e. The number of halogens is 1. The molecule has 0 saturated carbocycles. The molecule has 0 saturated heterocycles. The zero-order valence-electron chi connectivity index (χ0n) is 13.7. The quantitative estimate of drug-likeness (QED) is 0.610. The first-order valence-electron chi connectivity index (χ1n) is 7.62. The highest BCUT2D eigenvalue weighted by molar-refractivity contribution is 5.92. The summed E-state index contributed by atoms with van der Waals surface area (Å²) in [7, 11) is 1.54. The van der Waals surface area contributed by atoms with Gasteiger partial charge in [-0.05, 0) is 30.7 Å². The first-order valence-corrected chi connectivity index (χ1v) is 7.62. The molecule has 0 unspecified atom stereocenters. The molecule has 3 N–H and O–H groups in total. The van der Waals surface area contributed by atoms with E-state index in [0.29, 0.717) is 18.7 Å². The molecule has 9 heteroatoms. The average molecular weight is 350 g/mol. The number of H-pyrrole nitrogens is 1. The highest BCUT2D eigenvalue weighted by Gasteiger charge is 2.10. The van der Waals surface area contributed by atoms with E-state index < -0.39 is 17.2 Å². The molecule has 0 aliphatic carbocycles. The van der Waals surface area contributed by atoms with Gasteiger partial charge in [-0.1, -0.05) is 0 Å². The molecule has 134 valence electrons. The summed E-state index contributed by atoms with van der Waals surface area (Å²) in [5.41, 5.74) is -0.639. The Morgan fingerprint density at radius 2 is 2.00 bits per heavy atom. The lowest BCUT2D eigenvalue weighted by molar-refractivity contribution is -0.114. The zero-order valence-corrected chi connectivity index (χ0v) is 13.7. The summed E-state index contributed by atoms with van der Waals surface area (Å²) in [6, 6.07) is 6.67. The molecule has 2 aromatic rings. The van der Waals surface area contributed by atoms with Gasteiger partial charge in [0.1, 0.15) is 11.6 Å². The van der Waals surface area contributed by atoms with Crippen molar-refractivity contribution in [2.45, 2.75) is 13.0 Å². The van der Waals surface area contributed by atoms with Crippen LogP contribution in [0, 0.1) is 5.82 Å². The van der Waals surface area contributed by atoms with Gasteiger partial charge in [0.25, 0.3) is 5.56 Å². The summed E-state index contributed by atoms with van der Waals surface area (Å²) < 4.78 is 19.0. The fourth-order valence-electron chi connectivity index (χ4n) is 2.15. The van der Waals surface area contributed by atoms with E-state index >= 15 is 0 Å². The van der Waals surface area contributed by atoms with E-state index in [1.165, 1.54) is 28.8 Å². The monoisotopic (exact) mass is 350 g/mol. The molecular formula is C16H19FN4O4. The maximum absolute atomic E-state index is 12.8. The first kappa shape index (κ1) is 18.4. The van der Waals surface area contributed by atoms with E-state index in [-0.39, 0.29) is 24.7 Å². The van der Waals surface area contributed by atoms with Gasteiger partial charge < -0.3 is 15.4 Å². The maximum atomic E-state index is 12.8. The smallest absolute Gasteiger partial charge is 0.329 e. The predicted octanol–water partition coefficient (Wildman–Crippen LogP) is 0.763. The SMILES string of the molecule is COCCCn1c(NC(=O)CNc2ccc(F)cc2)cc(=O)[nH]c1=O. The number of hydrogen-bond acceptors (Lipinski definition) is 5. The Labute approximate surface area is 142 Å². The number of nitrogens with zero attached hydrogens (tertiary/aromatic N) is 1. The van der Waals surface area contributed by atoms with E-state index in [2.05, 4.69) is 15.6 Å². The standard InChI is InChI=1S/C16H19FN4O4/c1-25-8-2-7-21-13(9-14(22)20-16(21)24)19-15(23)10-18-12-5-3-11(17)4-6-12/h3-6,9,18H,2,7-8,10H2,1H3,(H,19,23)(H,20,22,24). The Morgan fingerprint density at radius 3 is 2.68 bits per heavy atom. The van der Waals surface area contributed by atoms with E-state index in [9.17, 15) is 18.8 Å². The van der Waals surface area contributed by atoms with Crippen molar-refractivity contribution in [3.8, 4) is 0 Å². The van der Waals surface area contributed by atoms with Crippen LogP contribution in [0.2, 0.25) is 0 Å². The summed E-state index contributed by atoms with van der Waals surface area (Å²) in [5.74, 6) is -0.718. The van der Waals surface area contributed by atoms with Crippen molar-refractivity contribution in [1.82, 2.24) is 9.55 Å². The lowest BCUT2D eigenvalue weighted by atomic mass is 10.3. The van der Waals surface area contributed by atoms with Crippen molar-refractivity contribution in [2.24, 2.45) is 0 Å². The second-order valence-corrected chi connectivity index (χ2v) is 5.23. The first-order chi connectivity index (χ1) is 12.0. The van der Waals surface area contributed by atoms with E-state index in [4.69, 9.17) is 4.74 Å². The number of aromatic amines is 1. The van der Waals surface area contributed by atoms with Crippen molar-refractivity contribution >= 4 is 17.4 Å². The van der Waals surface area contributed by atoms with E-state index in [0.717, 1.165) is 6.07 Å². The fraction of sp³-hybridized carbons (Fsp3) is 0.312. The third kappa shape index (κ3) is 5.57. The molecule has 0 spiro atoms. The van der Waals surface area contributed by atoms with Crippen LogP contribution in [0.15, 0.2) is 39.9 Å². The van der Waals surface area contributed by atoms with Crippen LogP contribution in [0.25, 0.3) is 0 Å². The minimum absolute atomic E-state index is 0.106. The highest BCUT2D eigenvalue weighted by Crippen LogP contribution is 2.08. The summed E-state index contributed by atoms with van der Waals surface area (Å²) in [6.45, 7) is 0.611. The molecule has 0 fully saturated rings. The Balaban J connectivity index is 2.04. The van der Waals surface area contributed by atoms with Crippen molar-refractivity contribution in [1.29, 1.82) is 0 Å². The average Bonchev–Trinajstić information content (AvgIpc) is 2.56. The van der Waals surface area contributed by atoms with Gasteiger partial charge in [-0.2, -0.15) is 0 Å². The van der Waals surface area contributed by atoms with Gasteiger partial charge in [-0.3, -0.25) is 19.1 Å². The van der Waals surface area contributed by atoms with E-state index in [1.54, 1.807) is 7.11 Å².